The second-order valence-corrected chi connectivity index (χ2v) is 6.74. The topological polar surface area (TPSA) is 92.3 Å². The lowest BCUT2D eigenvalue weighted by atomic mass is 10.2. The fraction of sp³-hybridized carbons (Fsp3) is 0.467. The first-order chi connectivity index (χ1) is 10.3. The molecular weight excluding hydrogens is 304 g/mol. The molecule has 6 nitrogen and oxygen atoms in total. The summed E-state index contributed by atoms with van der Waals surface area (Å²) in [6.45, 7) is 3.70. The normalized spacial score (nSPS) is 11.0. The van der Waals surface area contributed by atoms with Crippen LogP contribution in [0.5, 0.6) is 0 Å². The first-order valence-electron chi connectivity index (χ1n) is 7.18. The molecule has 0 saturated carbocycles. The number of nitrogens with one attached hydrogen (secondary N) is 2. The Labute approximate surface area is 131 Å². The van der Waals surface area contributed by atoms with Crippen molar-refractivity contribution in [2.45, 2.75) is 44.4 Å². The highest BCUT2D eigenvalue weighted by Gasteiger charge is 2.18. The highest BCUT2D eigenvalue weighted by Crippen LogP contribution is 2.14. The van der Waals surface area contributed by atoms with Crippen LogP contribution in [0.4, 0.5) is 0 Å². The number of amides is 2. The van der Waals surface area contributed by atoms with Crippen LogP contribution in [0.1, 0.15) is 38.2 Å². The van der Waals surface area contributed by atoms with Gasteiger partial charge in [0.05, 0.1) is 4.90 Å². The van der Waals surface area contributed by atoms with E-state index in [1.165, 1.54) is 13.0 Å². The third kappa shape index (κ3) is 6.26. The van der Waals surface area contributed by atoms with Gasteiger partial charge in [-0.25, -0.2) is 13.1 Å². The molecule has 1 aromatic rings. The first kappa shape index (κ1) is 18.2. The van der Waals surface area contributed by atoms with E-state index in [1.54, 1.807) is 25.1 Å². The highest BCUT2D eigenvalue weighted by atomic mass is 32.2. The monoisotopic (exact) mass is 326 g/mol. The minimum absolute atomic E-state index is 0.0814. The van der Waals surface area contributed by atoms with E-state index < -0.39 is 15.9 Å². The summed E-state index contributed by atoms with van der Waals surface area (Å²) in [5.41, 5.74) is 0.595. The van der Waals surface area contributed by atoms with Crippen LogP contribution in [0.15, 0.2) is 29.2 Å². The summed E-state index contributed by atoms with van der Waals surface area (Å²) >= 11 is 0. The summed E-state index contributed by atoms with van der Waals surface area (Å²) in [6, 6.07) is 6.51. The Morgan fingerprint density at radius 1 is 1.09 bits per heavy atom. The van der Waals surface area contributed by atoms with E-state index in [4.69, 9.17) is 0 Å². The molecule has 0 radical (unpaired) electrons. The van der Waals surface area contributed by atoms with Gasteiger partial charge in [-0.15, -0.1) is 0 Å². The van der Waals surface area contributed by atoms with Gasteiger partial charge in [0.2, 0.25) is 11.8 Å². The van der Waals surface area contributed by atoms with Gasteiger partial charge in [0, 0.05) is 19.9 Å². The summed E-state index contributed by atoms with van der Waals surface area (Å²) in [6.07, 6.45) is 2.23. The summed E-state index contributed by atoms with van der Waals surface area (Å²) < 4.78 is 26.3. The molecule has 0 fully saturated rings. The van der Waals surface area contributed by atoms with Gasteiger partial charge in [-0.05, 0) is 31.4 Å². The number of aryl methyl sites for hydroxylation is 1. The summed E-state index contributed by atoms with van der Waals surface area (Å²) in [5, 5.41) is 2.66. The van der Waals surface area contributed by atoms with Gasteiger partial charge in [0.1, 0.15) is 0 Å². The van der Waals surface area contributed by atoms with Gasteiger partial charge in [-0.1, -0.05) is 24.6 Å². The van der Waals surface area contributed by atoms with Crippen LogP contribution in [-0.4, -0.2) is 26.8 Å². The van der Waals surface area contributed by atoms with Crippen LogP contribution in [0, 0.1) is 6.92 Å². The Bertz CT molecular complexity index is 626. The van der Waals surface area contributed by atoms with E-state index in [9.17, 15) is 18.0 Å². The quantitative estimate of drug-likeness (QED) is 0.708. The van der Waals surface area contributed by atoms with E-state index >= 15 is 0 Å². The smallest absolute Gasteiger partial charge is 0.264 e. The van der Waals surface area contributed by atoms with Crippen LogP contribution in [0.3, 0.4) is 0 Å². The summed E-state index contributed by atoms with van der Waals surface area (Å²) in [4.78, 5) is 22.5. The van der Waals surface area contributed by atoms with E-state index in [-0.39, 0.29) is 17.2 Å². The van der Waals surface area contributed by atoms with E-state index in [0.717, 1.165) is 12.8 Å². The maximum Gasteiger partial charge on any atom is 0.264 e. The Morgan fingerprint density at radius 3 is 2.41 bits per heavy atom. The third-order valence-corrected chi connectivity index (χ3v) is 4.62. The molecule has 2 N–H and O–H groups in total. The van der Waals surface area contributed by atoms with Crippen LogP contribution < -0.4 is 10.0 Å². The van der Waals surface area contributed by atoms with Crippen LogP contribution in [0.25, 0.3) is 0 Å². The Balaban J connectivity index is 2.39. The molecule has 1 aromatic carbocycles. The first-order valence-corrected chi connectivity index (χ1v) is 8.67. The Morgan fingerprint density at radius 2 is 1.77 bits per heavy atom. The van der Waals surface area contributed by atoms with Gasteiger partial charge in [-0.3, -0.25) is 9.59 Å². The molecule has 7 heteroatoms. The minimum Gasteiger partial charge on any atom is -0.356 e. The molecule has 0 bridgehead atoms. The van der Waals surface area contributed by atoms with Crippen molar-refractivity contribution in [2.75, 3.05) is 6.54 Å². The minimum atomic E-state index is -3.81. The molecule has 0 aliphatic carbocycles. The zero-order chi connectivity index (χ0) is 16.6. The van der Waals surface area contributed by atoms with Crippen molar-refractivity contribution < 1.29 is 18.0 Å². The van der Waals surface area contributed by atoms with E-state index in [2.05, 4.69) is 10.0 Å². The lowest BCUT2D eigenvalue weighted by Crippen LogP contribution is -2.30. The summed E-state index contributed by atoms with van der Waals surface area (Å²) in [5.74, 6) is -0.593. The number of benzene rings is 1. The van der Waals surface area contributed by atoms with Crippen molar-refractivity contribution in [1.29, 1.82) is 0 Å². The van der Waals surface area contributed by atoms with Crippen molar-refractivity contribution in [1.82, 2.24) is 10.0 Å². The molecule has 0 aromatic heterocycles. The largest absolute Gasteiger partial charge is 0.356 e. The van der Waals surface area contributed by atoms with E-state index in [0.29, 0.717) is 18.5 Å². The van der Waals surface area contributed by atoms with Crippen molar-refractivity contribution in [3.8, 4) is 0 Å². The van der Waals surface area contributed by atoms with Crippen molar-refractivity contribution in [3.63, 3.8) is 0 Å². The second kappa shape index (κ2) is 8.53. The molecule has 0 aliphatic rings. The van der Waals surface area contributed by atoms with Crippen LogP contribution in [0.2, 0.25) is 0 Å². The SMILES string of the molecule is CC(=O)NCCCCCC(=O)NS(=O)(=O)c1ccccc1C. The number of hydrogen-bond donors (Lipinski definition) is 2. The average molecular weight is 326 g/mol. The van der Waals surface area contributed by atoms with Gasteiger partial charge in [0.25, 0.3) is 10.0 Å². The van der Waals surface area contributed by atoms with Gasteiger partial charge in [0.15, 0.2) is 0 Å². The molecule has 1 rings (SSSR count). The second-order valence-electron chi connectivity index (χ2n) is 5.09. The molecule has 0 spiro atoms. The maximum atomic E-state index is 12.1. The fourth-order valence-electron chi connectivity index (χ4n) is 1.97. The Hall–Kier alpha value is -1.89. The molecule has 0 saturated heterocycles. The van der Waals surface area contributed by atoms with Crippen molar-refractivity contribution in [3.05, 3.63) is 29.8 Å². The lowest BCUT2D eigenvalue weighted by molar-refractivity contribution is -0.120. The standard InChI is InChI=1S/C15H22N2O4S/c1-12-8-5-6-9-14(12)22(20,21)17-15(19)10-4-3-7-11-16-13(2)18/h5-6,8-9H,3-4,7,10-11H2,1-2H3,(H,16,18)(H,17,19). The molecular formula is C15H22N2O4S. The molecule has 122 valence electrons. The lowest BCUT2D eigenvalue weighted by Gasteiger charge is -2.09. The number of unbranched alkanes of at least 4 members (excludes halogenated alkanes) is 2. The Kier molecular flexibility index (Phi) is 7.04. The zero-order valence-corrected chi connectivity index (χ0v) is 13.7. The molecule has 2 amide bonds. The van der Waals surface area contributed by atoms with Crippen LogP contribution in [-0.2, 0) is 19.6 Å². The predicted octanol–water partition coefficient (Wildman–Crippen LogP) is 1.50. The van der Waals surface area contributed by atoms with Crippen LogP contribution >= 0.6 is 0 Å². The van der Waals surface area contributed by atoms with Crippen molar-refractivity contribution >= 4 is 21.8 Å². The van der Waals surface area contributed by atoms with Crippen molar-refractivity contribution in [2.24, 2.45) is 0 Å². The molecule has 0 unspecified atom stereocenters. The molecule has 0 atom stereocenters. The average Bonchev–Trinajstić information content (AvgIpc) is 2.42. The molecule has 0 heterocycles. The number of rotatable bonds is 8. The third-order valence-electron chi connectivity index (χ3n) is 3.09. The number of carbonyl (C=O) groups excluding carboxylic acids is 2. The van der Waals surface area contributed by atoms with Gasteiger partial charge in [-0.2, -0.15) is 0 Å². The fourth-order valence-corrected chi connectivity index (χ4v) is 3.23. The maximum absolute atomic E-state index is 12.1. The number of hydrogen-bond acceptors (Lipinski definition) is 4. The predicted molar refractivity (Wildman–Crippen MR) is 83.7 cm³/mol. The highest BCUT2D eigenvalue weighted by molar-refractivity contribution is 7.90. The van der Waals surface area contributed by atoms with E-state index in [1.807, 2.05) is 0 Å². The summed E-state index contributed by atoms with van der Waals surface area (Å²) in [7, 11) is -3.81. The number of carbonyl (C=O) groups is 2. The molecule has 22 heavy (non-hydrogen) atoms. The van der Waals surface area contributed by atoms with Gasteiger partial charge >= 0.3 is 0 Å². The zero-order valence-electron chi connectivity index (χ0n) is 12.9. The number of sulfonamides is 1. The van der Waals surface area contributed by atoms with Gasteiger partial charge < -0.3 is 5.32 Å². The molecule has 0 aliphatic heterocycles.